The number of rotatable bonds is 6. The lowest BCUT2D eigenvalue weighted by Gasteiger charge is -2.16. The molecule has 0 unspecified atom stereocenters. The molecule has 1 aromatic carbocycles. The number of amides is 1. The normalized spacial score (nSPS) is 11.3. The first-order valence-electron chi connectivity index (χ1n) is 8.61. The van der Waals surface area contributed by atoms with Gasteiger partial charge in [-0.1, -0.05) is 12.1 Å². The van der Waals surface area contributed by atoms with Gasteiger partial charge in [-0.3, -0.25) is 14.4 Å². The quantitative estimate of drug-likeness (QED) is 0.466. The number of aromatic nitrogens is 2. The van der Waals surface area contributed by atoms with Crippen molar-refractivity contribution < 1.29 is 23.9 Å². The van der Waals surface area contributed by atoms with Crippen LogP contribution in [0.4, 0.5) is 5.69 Å². The number of nitrogens with zero attached hydrogens (tertiary/aromatic N) is 2. The van der Waals surface area contributed by atoms with Gasteiger partial charge in [0.2, 0.25) is 5.91 Å². The molecule has 0 saturated carbocycles. The Balaban J connectivity index is 1.90. The number of hydrogen-bond donors (Lipinski definition) is 1. The zero-order chi connectivity index (χ0) is 20.7. The molecule has 8 heteroatoms. The summed E-state index contributed by atoms with van der Waals surface area (Å²) >= 11 is 0. The molecule has 0 bridgehead atoms. The van der Waals surface area contributed by atoms with Gasteiger partial charge in [0, 0.05) is 13.0 Å². The second-order valence-electron chi connectivity index (χ2n) is 7.07. The molecule has 2 aromatic rings. The van der Waals surface area contributed by atoms with Crippen molar-refractivity contribution in [2.75, 3.05) is 5.32 Å². The van der Waals surface area contributed by atoms with Gasteiger partial charge < -0.3 is 14.8 Å². The van der Waals surface area contributed by atoms with Crippen LogP contribution in [0.15, 0.2) is 42.7 Å². The van der Waals surface area contributed by atoms with Crippen molar-refractivity contribution in [3.05, 3.63) is 48.3 Å². The monoisotopic (exact) mass is 385 g/mol. The molecule has 1 aromatic heterocycles. The van der Waals surface area contributed by atoms with Crippen LogP contribution in [-0.4, -0.2) is 27.6 Å². The first-order chi connectivity index (χ1) is 13.1. The lowest BCUT2D eigenvalue weighted by Crippen LogP contribution is -2.24. The highest BCUT2D eigenvalue weighted by molar-refractivity contribution is 6.01. The Kier molecular flexibility index (Phi) is 6.70. The van der Waals surface area contributed by atoms with E-state index >= 15 is 0 Å². The molecule has 0 aliphatic carbocycles. The summed E-state index contributed by atoms with van der Waals surface area (Å²) in [5.74, 6) is -0.707. The zero-order valence-electron chi connectivity index (χ0n) is 16.3. The zero-order valence-corrected chi connectivity index (χ0v) is 16.3. The lowest BCUT2D eigenvalue weighted by atomic mass is 9.98. The van der Waals surface area contributed by atoms with Crippen molar-refractivity contribution in [1.29, 1.82) is 0 Å². The van der Waals surface area contributed by atoms with E-state index in [9.17, 15) is 14.4 Å². The molecular weight excluding hydrogens is 362 g/mol. The molecular formula is C20H23N3O5. The van der Waals surface area contributed by atoms with E-state index in [1.54, 1.807) is 57.3 Å². The Hall–Kier alpha value is -3.42. The minimum Gasteiger partial charge on any atom is -0.442 e. The highest BCUT2D eigenvalue weighted by atomic mass is 16.5. The van der Waals surface area contributed by atoms with Crippen LogP contribution in [0, 0.1) is 5.41 Å². The van der Waals surface area contributed by atoms with Crippen molar-refractivity contribution in [2.45, 2.75) is 34.4 Å². The van der Waals surface area contributed by atoms with Crippen molar-refractivity contribution >= 4 is 29.6 Å². The summed E-state index contributed by atoms with van der Waals surface area (Å²) in [6.07, 6.45) is 5.96. The number of benzene rings is 1. The van der Waals surface area contributed by atoms with Gasteiger partial charge in [0.1, 0.15) is 5.75 Å². The maximum absolute atomic E-state index is 12.0. The number of ether oxygens (including phenoxy) is 2. The molecule has 0 saturated heterocycles. The summed E-state index contributed by atoms with van der Waals surface area (Å²) in [7, 11) is 0. The van der Waals surface area contributed by atoms with Gasteiger partial charge in [-0.25, -0.2) is 4.68 Å². The van der Waals surface area contributed by atoms with Crippen molar-refractivity contribution in [1.82, 2.24) is 9.78 Å². The number of carbonyl (C=O) groups is 3. The van der Waals surface area contributed by atoms with E-state index in [1.165, 1.54) is 23.9 Å². The third-order valence-corrected chi connectivity index (χ3v) is 3.39. The van der Waals surface area contributed by atoms with Crippen LogP contribution >= 0.6 is 0 Å². The highest BCUT2D eigenvalue weighted by Gasteiger charge is 2.23. The summed E-state index contributed by atoms with van der Waals surface area (Å²) in [6.45, 7) is 6.57. The Bertz CT molecular complexity index is 893. The molecule has 0 aliphatic heterocycles. The average molecular weight is 385 g/mol. The van der Waals surface area contributed by atoms with E-state index in [1.807, 2.05) is 0 Å². The third kappa shape index (κ3) is 6.71. The molecule has 148 valence electrons. The summed E-state index contributed by atoms with van der Waals surface area (Å²) in [5.41, 5.74) is 0.579. The van der Waals surface area contributed by atoms with Crippen LogP contribution in [-0.2, 0) is 25.9 Å². The highest BCUT2D eigenvalue weighted by Crippen LogP contribution is 2.16. The van der Waals surface area contributed by atoms with Crippen LogP contribution in [0.2, 0.25) is 0 Å². The maximum atomic E-state index is 12.0. The van der Waals surface area contributed by atoms with E-state index in [0.717, 1.165) is 0 Å². The van der Waals surface area contributed by atoms with Gasteiger partial charge >= 0.3 is 11.9 Å². The Labute approximate surface area is 163 Å². The maximum Gasteiger partial charge on any atom is 0.313 e. The Morgan fingerprint density at radius 1 is 1.25 bits per heavy atom. The van der Waals surface area contributed by atoms with Crippen LogP contribution in [0.1, 0.15) is 33.3 Å². The Morgan fingerprint density at radius 2 is 2.00 bits per heavy atom. The predicted molar refractivity (Wildman–Crippen MR) is 103 cm³/mol. The molecule has 0 fully saturated rings. The van der Waals surface area contributed by atoms with Gasteiger partial charge in [-0.05, 0) is 44.5 Å². The molecule has 28 heavy (non-hydrogen) atoms. The second-order valence-corrected chi connectivity index (χ2v) is 7.07. The number of carbonyl (C=O) groups excluding carboxylic acids is 3. The number of hydrogen-bond acceptors (Lipinski definition) is 6. The summed E-state index contributed by atoms with van der Waals surface area (Å²) < 4.78 is 11.6. The smallest absolute Gasteiger partial charge is 0.313 e. The fourth-order valence-corrected chi connectivity index (χ4v) is 2.04. The van der Waals surface area contributed by atoms with Crippen LogP contribution in [0.3, 0.4) is 0 Å². The van der Waals surface area contributed by atoms with E-state index < -0.39 is 11.4 Å². The fourth-order valence-electron chi connectivity index (χ4n) is 2.04. The predicted octanol–water partition coefficient (Wildman–Crippen LogP) is 3.01. The SMILES string of the molecule is CC(=O)Oc1cccc(C=CC(=O)Nc2cnn(COC(=O)C(C)(C)C)c2)c1. The van der Waals surface area contributed by atoms with E-state index in [-0.39, 0.29) is 18.6 Å². The van der Waals surface area contributed by atoms with Crippen molar-refractivity contribution in [3.63, 3.8) is 0 Å². The molecule has 1 amide bonds. The van der Waals surface area contributed by atoms with Crippen molar-refractivity contribution in [3.8, 4) is 5.75 Å². The van der Waals surface area contributed by atoms with Gasteiger partial charge in [0.25, 0.3) is 0 Å². The lowest BCUT2D eigenvalue weighted by molar-refractivity contribution is -0.157. The fraction of sp³-hybridized carbons (Fsp3) is 0.300. The molecule has 0 radical (unpaired) electrons. The van der Waals surface area contributed by atoms with Crippen molar-refractivity contribution in [2.24, 2.45) is 5.41 Å². The molecule has 2 rings (SSSR count). The minimum atomic E-state index is -0.595. The minimum absolute atomic E-state index is 0.0370. The molecule has 0 aliphatic rings. The van der Waals surface area contributed by atoms with Crippen LogP contribution in [0.5, 0.6) is 5.75 Å². The molecule has 0 atom stereocenters. The molecule has 1 N–H and O–H groups in total. The topological polar surface area (TPSA) is 99.5 Å². The summed E-state index contributed by atoms with van der Waals surface area (Å²) in [5, 5.41) is 6.70. The van der Waals surface area contributed by atoms with E-state index in [0.29, 0.717) is 17.0 Å². The van der Waals surface area contributed by atoms with Gasteiger partial charge in [0.15, 0.2) is 6.73 Å². The Morgan fingerprint density at radius 3 is 2.68 bits per heavy atom. The standard InChI is InChI=1S/C20H23N3O5/c1-14(24)28-17-7-5-6-15(10-17)8-9-18(25)22-16-11-21-23(12-16)13-27-19(26)20(2,3)4/h5-12H,13H2,1-4H3,(H,22,25). The first kappa shape index (κ1) is 20.9. The van der Waals surface area contributed by atoms with E-state index in [4.69, 9.17) is 9.47 Å². The number of anilines is 1. The number of esters is 2. The summed E-state index contributed by atoms with van der Waals surface area (Å²) in [6, 6.07) is 6.80. The van der Waals surface area contributed by atoms with Gasteiger partial charge in [-0.15, -0.1) is 0 Å². The first-order valence-corrected chi connectivity index (χ1v) is 8.61. The summed E-state index contributed by atoms with van der Waals surface area (Å²) in [4.78, 5) is 34.8. The number of nitrogens with one attached hydrogen (secondary N) is 1. The van der Waals surface area contributed by atoms with Crippen LogP contribution < -0.4 is 10.1 Å². The molecule has 0 spiro atoms. The largest absolute Gasteiger partial charge is 0.442 e. The van der Waals surface area contributed by atoms with E-state index in [2.05, 4.69) is 10.4 Å². The van der Waals surface area contributed by atoms with Gasteiger partial charge in [0.05, 0.1) is 23.5 Å². The van der Waals surface area contributed by atoms with Gasteiger partial charge in [-0.2, -0.15) is 5.10 Å². The molecule has 1 heterocycles. The second kappa shape index (κ2) is 8.98. The molecule has 8 nitrogen and oxygen atoms in total. The average Bonchev–Trinajstić information content (AvgIpc) is 3.04. The third-order valence-electron chi connectivity index (χ3n) is 3.39. The van der Waals surface area contributed by atoms with Crippen LogP contribution in [0.25, 0.3) is 6.08 Å².